The monoisotopic (exact) mass is 164 g/mol. The van der Waals surface area contributed by atoms with Crippen molar-refractivity contribution < 1.29 is 0 Å². The third-order valence-corrected chi connectivity index (χ3v) is 2.59. The van der Waals surface area contributed by atoms with Crippen LogP contribution in [0.2, 0.25) is 0 Å². The zero-order valence-electron chi connectivity index (χ0n) is 7.56. The maximum atomic E-state index is 3.54. The highest BCUT2D eigenvalue weighted by Crippen LogP contribution is 2.24. The lowest BCUT2D eigenvalue weighted by Gasteiger charge is -2.23. The van der Waals surface area contributed by atoms with Gasteiger partial charge in [-0.2, -0.15) is 0 Å². The second-order valence-electron chi connectivity index (χ2n) is 3.46. The Hall–Kier alpha value is -0.760. The summed E-state index contributed by atoms with van der Waals surface area (Å²) in [5.74, 6) is 0. The van der Waals surface area contributed by atoms with Crippen molar-refractivity contribution >= 4 is 0 Å². The van der Waals surface area contributed by atoms with E-state index >= 15 is 0 Å². The Morgan fingerprint density at radius 1 is 1.58 bits per heavy atom. The number of nitrogens with one attached hydrogen (secondary N) is 2. The highest BCUT2D eigenvalue weighted by atomic mass is 14.9. The molecule has 2 heteroatoms. The van der Waals surface area contributed by atoms with E-state index in [-0.39, 0.29) is 0 Å². The summed E-state index contributed by atoms with van der Waals surface area (Å²) in [6, 6.07) is 2.81. The molecule has 12 heavy (non-hydrogen) atoms. The summed E-state index contributed by atoms with van der Waals surface area (Å²) in [7, 11) is 0. The van der Waals surface area contributed by atoms with Gasteiger partial charge in [0.25, 0.3) is 0 Å². The van der Waals surface area contributed by atoms with Gasteiger partial charge < -0.3 is 10.3 Å². The van der Waals surface area contributed by atoms with Crippen LogP contribution in [0.1, 0.15) is 37.1 Å². The summed E-state index contributed by atoms with van der Waals surface area (Å²) >= 11 is 0. The number of aromatic amines is 1. The van der Waals surface area contributed by atoms with E-state index in [4.69, 9.17) is 0 Å². The molecule has 1 atom stereocenters. The third-order valence-electron chi connectivity index (χ3n) is 2.59. The fourth-order valence-electron chi connectivity index (χ4n) is 1.99. The molecule has 0 aromatic carbocycles. The van der Waals surface area contributed by atoms with Crippen molar-refractivity contribution in [2.75, 3.05) is 6.54 Å². The third kappa shape index (κ3) is 1.27. The van der Waals surface area contributed by atoms with Crippen LogP contribution < -0.4 is 5.32 Å². The van der Waals surface area contributed by atoms with Crippen LogP contribution in [-0.4, -0.2) is 11.5 Å². The van der Waals surface area contributed by atoms with Gasteiger partial charge in [-0.3, -0.25) is 0 Å². The average molecular weight is 164 g/mol. The molecule has 0 unspecified atom stereocenters. The van der Waals surface area contributed by atoms with Crippen LogP contribution >= 0.6 is 0 Å². The molecule has 2 rings (SSSR count). The van der Waals surface area contributed by atoms with Crippen LogP contribution in [0.15, 0.2) is 12.3 Å². The molecule has 1 aliphatic rings. The molecule has 0 radical (unpaired) electrons. The van der Waals surface area contributed by atoms with Crippen LogP contribution in [0, 0.1) is 0 Å². The minimum absolute atomic E-state index is 0.602. The highest BCUT2D eigenvalue weighted by molar-refractivity contribution is 5.26. The van der Waals surface area contributed by atoms with Crippen molar-refractivity contribution in [3.63, 3.8) is 0 Å². The Labute approximate surface area is 73.4 Å². The SMILES string of the molecule is CCC[C@@H]1NCCc2[nH]ccc21. The predicted molar refractivity (Wildman–Crippen MR) is 50.1 cm³/mol. The molecule has 0 fully saturated rings. The Morgan fingerprint density at radius 3 is 3.33 bits per heavy atom. The van der Waals surface area contributed by atoms with Gasteiger partial charge in [-0.05, 0) is 18.1 Å². The smallest absolute Gasteiger partial charge is 0.0338 e. The van der Waals surface area contributed by atoms with E-state index < -0.39 is 0 Å². The molecule has 2 heterocycles. The van der Waals surface area contributed by atoms with E-state index in [0.29, 0.717) is 6.04 Å². The molecule has 0 saturated carbocycles. The topological polar surface area (TPSA) is 27.8 Å². The minimum Gasteiger partial charge on any atom is -0.365 e. The van der Waals surface area contributed by atoms with Gasteiger partial charge in [-0.1, -0.05) is 13.3 Å². The average Bonchev–Trinajstić information content (AvgIpc) is 2.53. The maximum Gasteiger partial charge on any atom is 0.0338 e. The molecule has 1 aromatic heterocycles. The Bertz CT molecular complexity index is 252. The number of fused-ring (bicyclic) bond motifs is 1. The minimum atomic E-state index is 0.602. The van der Waals surface area contributed by atoms with E-state index in [9.17, 15) is 0 Å². The quantitative estimate of drug-likeness (QED) is 0.687. The molecule has 2 nitrogen and oxygen atoms in total. The predicted octanol–water partition coefficient (Wildman–Crippen LogP) is 2.00. The molecular weight excluding hydrogens is 148 g/mol. The fourth-order valence-corrected chi connectivity index (χ4v) is 1.99. The van der Waals surface area contributed by atoms with Gasteiger partial charge in [0.2, 0.25) is 0 Å². The first kappa shape index (κ1) is 7.87. The number of H-pyrrole nitrogens is 1. The largest absolute Gasteiger partial charge is 0.365 e. The highest BCUT2D eigenvalue weighted by Gasteiger charge is 2.18. The molecule has 0 amide bonds. The van der Waals surface area contributed by atoms with Crippen molar-refractivity contribution in [3.05, 3.63) is 23.5 Å². The Kier molecular flexibility index (Phi) is 2.17. The van der Waals surface area contributed by atoms with Gasteiger partial charge in [0.1, 0.15) is 0 Å². The van der Waals surface area contributed by atoms with Crippen molar-refractivity contribution in [3.8, 4) is 0 Å². The van der Waals surface area contributed by atoms with Crippen LogP contribution in [0.5, 0.6) is 0 Å². The Morgan fingerprint density at radius 2 is 2.50 bits per heavy atom. The van der Waals surface area contributed by atoms with E-state index in [1.54, 1.807) is 0 Å². The zero-order valence-corrected chi connectivity index (χ0v) is 7.56. The first-order valence-electron chi connectivity index (χ1n) is 4.81. The van der Waals surface area contributed by atoms with Crippen molar-refractivity contribution in [1.82, 2.24) is 10.3 Å². The lowest BCUT2D eigenvalue weighted by Crippen LogP contribution is -2.29. The van der Waals surface area contributed by atoms with Crippen LogP contribution in [-0.2, 0) is 6.42 Å². The molecule has 2 N–H and O–H groups in total. The fraction of sp³-hybridized carbons (Fsp3) is 0.600. The van der Waals surface area contributed by atoms with Gasteiger partial charge in [0.05, 0.1) is 0 Å². The van der Waals surface area contributed by atoms with Gasteiger partial charge in [0.15, 0.2) is 0 Å². The van der Waals surface area contributed by atoms with Gasteiger partial charge in [0, 0.05) is 30.9 Å². The summed E-state index contributed by atoms with van der Waals surface area (Å²) in [5.41, 5.74) is 2.93. The van der Waals surface area contributed by atoms with Crippen molar-refractivity contribution in [2.45, 2.75) is 32.2 Å². The zero-order chi connectivity index (χ0) is 8.39. The number of rotatable bonds is 2. The van der Waals surface area contributed by atoms with Crippen LogP contribution in [0.4, 0.5) is 0 Å². The molecule has 66 valence electrons. The van der Waals surface area contributed by atoms with Crippen molar-refractivity contribution in [1.29, 1.82) is 0 Å². The van der Waals surface area contributed by atoms with Crippen LogP contribution in [0.25, 0.3) is 0 Å². The summed E-state index contributed by atoms with van der Waals surface area (Å²) in [4.78, 5) is 3.31. The lowest BCUT2D eigenvalue weighted by atomic mass is 9.98. The second kappa shape index (κ2) is 3.31. The number of aromatic nitrogens is 1. The standard InChI is InChI=1S/C10H16N2/c1-2-3-9-8-4-6-11-10(8)5-7-12-9/h4,6,9,11-12H,2-3,5,7H2,1H3/t9-/m0/s1. The normalized spacial score (nSPS) is 22.2. The summed E-state index contributed by atoms with van der Waals surface area (Å²) in [6.07, 6.45) is 5.72. The summed E-state index contributed by atoms with van der Waals surface area (Å²) < 4.78 is 0. The van der Waals surface area contributed by atoms with E-state index in [1.165, 1.54) is 24.1 Å². The molecule has 1 aliphatic heterocycles. The first-order valence-corrected chi connectivity index (χ1v) is 4.81. The molecule has 0 saturated heterocycles. The van der Waals surface area contributed by atoms with Gasteiger partial charge in [-0.25, -0.2) is 0 Å². The molecule has 0 aliphatic carbocycles. The molecule has 0 spiro atoms. The van der Waals surface area contributed by atoms with Crippen LogP contribution in [0.3, 0.4) is 0 Å². The van der Waals surface area contributed by atoms with E-state index in [1.807, 2.05) is 0 Å². The second-order valence-corrected chi connectivity index (χ2v) is 3.46. The summed E-state index contributed by atoms with van der Waals surface area (Å²) in [5, 5.41) is 3.54. The lowest BCUT2D eigenvalue weighted by molar-refractivity contribution is 0.469. The van der Waals surface area contributed by atoms with Gasteiger partial charge in [-0.15, -0.1) is 0 Å². The first-order chi connectivity index (χ1) is 5.92. The number of hydrogen-bond donors (Lipinski definition) is 2. The molecular formula is C10H16N2. The maximum absolute atomic E-state index is 3.54. The van der Waals surface area contributed by atoms with Crippen molar-refractivity contribution in [2.24, 2.45) is 0 Å². The molecule has 1 aromatic rings. The van der Waals surface area contributed by atoms with E-state index in [0.717, 1.165) is 13.0 Å². The Balaban J connectivity index is 2.19. The van der Waals surface area contributed by atoms with E-state index in [2.05, 4.69) is 29.5 Å². The van der Waals surface area contributed by atoms with Gasteiger partial charge >= 0.3 is 0 Å². The number of hydrogen-bond acceptors (Lipinski definition) is 1. The summed E-state index contributed by atoms with van der Waals surface area (Å²) in [6.45, 7) is 3.36. The molecule has 0 bridgehead atoms.